The molecular weight excluding hydrogens is 841 g/mol. The number of para-hydroxylation sites is 2. The second-order valence-corrected chi connectivity index (χ2v) is 15.4. The Hall–Kier alpha value is -8.54. The van der Waals surface area contributed by atoms with Crippen molar-refractivity contribution in [2.45, 2.75) is 38.5 Å². The van der Waals surface area contributed by atoms with Gasteiger partial charge >= 0.3 is 0 Å². The number of hydrogen-bond acceptors (Lipinski definition) is 16. The molecule has 2 aromatic heterocycles. The van der Waals surface area contributed by atoms with E-state index in [2.05, 4.69) is 61.7 Å². The Morgan fingerprint density at radius 3 is 1.14 bits per heavy atom. The van der Waals surface area contributed by atoms with Crippen LogP contribution in [0.3, 0.4) is 0 Å². The molecular formula is C48H44N12O6. The quantitative estimate of drug-likeness (QED) is 0.0750. The van der Waals surface area contributed by atoms with E-state index < -0.39 is 0 Å². The summed E-state index contributed by atoms with van der Waals surface area (Å²) in [4.78, 5) is 0. The van der Waals surface area contributed by atoms with E-state index in [0.29, 0.717) is 92.5 Å². The summed E-state index contributed by atoms with van der Waals surface area (Å²) < 4.78 is 23.9. The number of phenols is 2. The third-order valence-corrected chi connectivity index (χ3v) is 11.0. The Morgan fingerprint density at radius 2 is 0.818 bits per heavy atom. The van der Waals surface area contributed by atoms with E-state index >= 15 is 0 Å². The second-order valence-electron chi connectivity index (χ2n) is 15.4. The highest BCUT2D eigenvalue weighted by Gasteiger charge is 2.22. The number of ether oxygens (including phenoxy) is 4. The Kier molecular flexibility index (Phi) is 12.9. The zero-order chi connectivity index (χ0) is 45.2. The minimum Gasteiger partial charge on any atom is -0.507 e. The number of hydrogen-bond donors (Lipinski definition) is 4. The number of aromatic amines is 2. The van der Waals surface area contributed by atoms with Gasteiger partial charge in [0, 0.05) is 60.8 Å². The first-order chi connectivity index (χ1) is 32.4. The number of tetrazole rings is 2. The van der Waals surface area contributed by atoms with Crippen molar-refractivity contribution in [2.75, 3.05) is 27.4 Å². The van der Waals surface area contributed by atoms with Crippen molar-refractivity contribution in [2.24, 2.45) is 20.5 Å². The van der Waals surface area contributed by atoms with Crippen molar-refractivity contribution in [3.63, 3.8) is 0 Å². The molecule has 6 aromatic carbocycles. The molecule has 0 atom stereocenters. The smallest absolute Gasteiger partial charge is 0.177 e. The molecule has 9 rings (SSSR count). The molecule has 0 saturated carbocycles. The van der Waals surface area contributed by atoms with Crippen molar-refractivity contribution in [3.05, 3.63) is 165 Å². The van der Waals surface area contributed by atoms with E-state index in [-0.39, 0.29) is 50.4 Å². The fourth-order valence-electron chi connectivity index (χ4n) is 7.76. The van der Waals surface area contributed by atoms with Gasteiger partial charge < -0.3 is 29.2 Å². The molecule has 2 heterocycles. The number of rotatable bonds is 14. The summed E-state index contributed by atoms with van der Waals surface area (Å²) in [5.41, 5.74) is 7.92. The molecule has 0 aliphatic heterocycles. The summed E-state index contributed by atoms with van der Waals surface area (Å²) in [7, 11) is 3.22. The Balaban J connectivity index is 1.18. The molecule has 18 heteroatoms. The average molecular weight is 885 g/mol. The lowest BCUT2D eigenvalue weighted by Crippen LogP contribution is -2.09. The highest BCUT2D eigenvalue weighted by Crippen LogP contribution is 2.41. The summed E-state index contributed by atoms with van der Waals surface area (Å²) in [5, 5.41) is 71.6. The molecule has 0 radical (unpaired) electrons. The van der Waals surface area contributed by atoms with Crippen LogP contribution in [0, 0.1) is 0 Å². The number of aromatic hydroxyl groups is 2. The number of phenolic OH excluding ortho intramolecular Hbond substituents is 2. The summed E-state index contributed by atoms with van der Waals surface area (Å²) in [5.74, 6) is 3.80. The molecule has 332 valence electrons. The van der Waals surface area contributed by atoms with Gasteiger partial charge in [0.25, 0.3) is 0 Å². The Bertz CT molecular complexity index is 2680. The first kappa shape index (κ1) is 42.7. The number of methoxy groups -OCH3 is 2. The van der Waals surface area contributed by atoms with Crippen LogP contribution in [-0.2, 0) is 38.5 Å². The SMILES string of the molecule is COc1ccc(N=Nc2cc3c(O)c(c2)Cc2cccc(c2OCCc2nn[nH]n2)Cc2cc(N=Nc4ccc(OC)cc4)cc(c2O)Cc2cccc(c2OCCc2nn[nH]n2)C3)cc1. The fourth-order valence-corrected chi connectivity index (χ4v) is 7.76. The predicted octanol–water partition coefficient (Wildman–Crippen LogP) is 8.89. The van der Waals surface area contributed by atoms with Gasteiger partial charge in [0.05, 0.1) is 50.2 Å². The molecule has 4 N–H and O–H groups in total. The van der Waals surface area contributed by atoms with Crippen LogP contribution in [-0.4, -0.2) is 78.9 Å². The summed E-state index contributed by atoms with van der Waals surface area (Å²) in [6.45, 7) is 0.461. The molecule has 1 aliphatic rings. The van der Waals surface area contributed by atoms with Gasteiger partial charge in [-0.25, -0.2) is 0 Å². The molecule has 0 saturated heterocycles. The second kappa shape index (κ2) is 19.9. The van der Waals surface area contributed by atoms with Gasteiger partial charge in [0.2, 0.25) is 0 Å². The summed E-state index contributed by atoms with van der Waals surface area (Å²) in [6.07, 6.45) is 1.81. The number of azo groups is 2. The maximum Gasteiger partial charge on any atom is 0.177 e. The molecule has 8 aromatic rings. The van der Waals surface area contributed by atoms with Gasteiger partial charge in [-0.1, -0.05) is 46.8 Å². The zero-order valence-electron chi connectivity index (χ0n) is 36.0. The van der Waals surface area contributed by atoms with Crippen molar-refractivity contribution < 1.29 is 29.2 Å². The Labute approximate surface area is 378 Å². The van der Waals surface area contributed by atoms with Crippen LogP contribution in [0.2, 0.25) is 0 Å². The normalized spacial score (nSPS) is 12.4. The lowest BCUT2D eigenvalue weighted by atomic mass is 9.91. The van der Waals surface area contributed by atoms with E-state index in [0.717, 1.165) is 22.3 Å². The van der Waals surface area contributed by atoms with Crippen molar-refractivity contribution >= 4 is 22.7 Å². The number of aromatic nitrogens is 8. The number of nitrogens with zero attached hydrogens (tertiary/aromatic N) is 10. The lowest BCUT2D eigenvalue weighted by molar-refractivity contribution is 0.313. The van der Waals surface area contributed by atoms with Crippen LogP contribution in [0.25, 0.3) is 0 Å². The fraction of sp³-hybridized carbons (Fsp3) is 0.208. The molecule has 18 nitrogen and oxygen atoms in total. The first-order valence-corrected chi connectivity index (χ1v) is 21.1. The van der Waals surface area contributed by atoms with Crippen molar-refractivity contribution in [1.82, 2.24) is 41.2 Å². The van der Waals surface area contributed by atoms with Gasteiger partial charge in [-0.05, 0) is 95.1 Å². The first-order valence-electron chi connectivity index (χ1n) is 21.1. The van der Waals surface area contributed by atoms with Gasteiger partial charge in [-0.3, -0.25) is 0 Å². The number of fused-ring (bicyclic) bond motifs is 8. The maximum atomic E-state index is 12.2. The van der Waals surface area contributed by atoms with Crippen LogP contribution in [0.15, 0.2) is 130 Å². The lowest BCUT2D eigenvalue weighted by Gasteiger charge is -2.21. The van der Waals surface area contributed by atoms with Crippen LogP contribution in [0.5, 0.6) is 34.5 Å². The topological polar surface area (TPSA) is 236 Å². The van der Waals surface area contributed by atoms with Crippen LogP contribution < -0.4 is 18.9 Å². The van der Waals surface area contributed by atoms with E-state index in [1.54, 1.807) is 14.2 Å². The molecule has 1 aliphatic carbocycles. The van der Waals surface area contributed by atoms with Gasteiger partial charge in [-0.2, -0.15) is 30.9 Å². The zero-order valence-corrected chi connectivity index (χ0v) is 36.0. The highest BCUT2D eigenvalue weighted by molar-refractivity contribution is 5.61. The monoisotopic (exact) mass is 884 g/mol. The molecule has 0 amide bonds. The summed E-state index contributed by atoms with van der Waals surface area (Å²) >= 11 is 0. The largest absolute Gasteiger partial charge is 0.507 e. The van der Waals surface area contributed by atoms with Crippen molar-refractivity contribution in [1.29, 1.82) is 0 Å². The third kappa shape index (κ3) is 10.1. The van der Waals surface area contributed by atoms with E-state index in [4.69, 9.17) is 18.9 Å². The van der Waals surface area contributed by atoms with Gasteiger partial charge in [0.15, 0.2) is 11.6 Å². The highest BCUT2D eigenvalue weighted by atomic mass is 16.5. The molecule has 0 fully saturated rings. The van der Waals surface area contributed by atoms with E-state index in [1.165, 1.54) is 0 Å². The number of benzene rings is 6. The molecule has 0 spiro atoms. The minimum atomic E-state index is 0.103. The average Bonchev–Trinajstić information content (AvgIpc) is 4.07. The van der Waals surface area contributed by atoms with E-state index in [9.17, 15) is 10.2 Å². The third-order valence-electron chi connectivity index (χ3n) is 11.0. The van der Waals surface area contributed by atoms with Crippen molar-refractivity contribution in [3.8, 4) is 34.5 Å². The summed E-state index contributed by atoms with van der Waals surface area (Å²) in [6, 6.07) is 33.6. The van der Waals surface area contributed by atoms with Gasteiger partial charge in [0.1, 0.15) is 34.5 Å². The molecule has 0 unspecified atom stereocenters. The number of H-pyrrole nitrogens is 2. The number of nitrogens with one attached hydrogen (secondary N) is 2. The standard InChI is InChI=1S/C48H44N12O6/c1-63-41-13-9-37(10-14-41)49-51-39-25-33-21-29-5-3-7-31(47(29)65-19-17-43-53-57-58-54-43)23-35-27-40(52-50-38-11-15-42(64-2)16-12-38)28-36(46(35)62)24-32-8-4-6-30(22-34(26-39)45(33)61)48(32)66-20-18-44-55-59-60-56-44/h3-16,25-28,61-62H,17-24H2,1-2H3,(H,53,54,57,58)(H,55,56,59,60). The Morgan fingerprint density at radius 1 is 0.470 bits per heavy atom. The van der Waals surface area contributed by atoms with Gasteiger partial charge in [-0.15, -0.1) is 20.4 Å². The molecule has 66 heavy (non-hydrogen) atoms. The minimum absolute atomic E-state index is 0.103. The van der Waals surface area contributed by atoms with Crippen LogP contribution in [0.4, 0.5) is 22.7 Å². The molecule has 8 bridgehead atoms. The van der Waals surface area contributed by atoms with E-state index in [1.807, 2.05) is 109 Å². The van der Waals surface area contributed by atoms with Crippen LogP contribution in [0.1, 0.15) is 56.2 Å². The van der Waals surface area contributed by atoms with Crippen LogP contribution >= 0.6 is 0 Å². The maximum absolute atomic E-state index is 12.2. The predicted molar refractivity (Wildman–Crippen MR) is 241 cm³/mol.